The molecule has 1 aromatic heterocycles. The Kier molecular flexibility index (Phi) is 3.91. The van der Waals surface area contributed by atoms with Crippen LogP contribution in [0.4, 0.5) is 0 Å². The average Bonchev–Trinajstić information content (AvgIpc) is 2.17. The van der Waals surface area contributed by atoms with Crippen molar-refractivity contribution in [2.75, 3.05) is 0 Å². The molecule has 0 bridgehead atoms. The van der Waals surface area contributed by atoms with Gasteiger partial charge in [0, 0.05) is 12.6 Å². The molecular formula is C10H15N3O2. The Morgan fingerprint density at radius 2 is 2.33 bits per heavy atom. The summed E-state index contributed by atoms with van der Waals surface area (Å²) >= 11 is 0. The summed E-state index contributed by atoms with van der Waals surface area (Å²) in [6.45, 7) is 3.88. The summed E-state index contributed by atoms with van der Waals surface area (Å²) in [4.78, 5) is 4.01. The first-order valence-corrected chi connectivity index (χ1v) is 4.69. The molecule has 0 amide bonds. The van der Waals surface area contributed by atoms with Crippen molar-refractivity contribution < 1.29 is 9.94 Å². The molecule has 1 heterocycles. The maximum atomic E-state index is 8.42. The van der Waals surface area contributed by atoms with Crippen molar-refractivity contribution in [1.29, 1.82) is 0 Å². The molecule has 15 heavy (non-hydrogen) atoms. The number of hydrogen-bond donors (Lipinski definition) is 2. The fraction of sp³-hybridized carbons (Fsp3) is 0.400. The molecule has 0 saturated carbocycles. The lowest BCUT2D eigenvalue weighted by molar-refractivity contribution is 0.241. The second-order valence-electron chi connectivity index (χ2n) is 3.46. The van der Waals surface area contributed by atoms with Crippen LogP contribution in [-0.2, 0) is 6.42 Å². The molecule has 0 spiro atoms. The van der Waals surface area contributed by atoms with E-state index in [2.05, 4.69) is 10.1 Å². The van der Waals surface area contributed by atoms with Crippen LogP contribution in [0.25, 0.3) is 0 Å². The molecule has 3 N–H and O–H groups in total. The smallest absolute Gasteiger partial charge is 0.143 e. The van der Waals surface area contributed by atoms with Gasteiger partial charge in [0.1, 0.15) is 11.6 Å². The second-order valence-corrected chi connectivity index (χ2v) is 3.46. The molecule has 0 aliphatic carbocycles. The molecule has 5 heteroatoms. The first kappa shape index (κ1) is 11.3. The van der Waals surface area contributed by atoms with E-state index in [-0.39, 0.29) is 11.9 Å². The van der Waals surface area contributed by atoms with Gasteiger partial charge >= 0.3 is 0 Å². The lowest BCUT2D eigenvalue weighted by atomic mass is 10.2. The lowest BCUT2D eigenvalue weighted by Crippen LogP contribution is -2.15. The Morgan fingerprint density at radius 1 is 1.60 bits per heavy atom. The fourth-order valence-electron chi connectivity index (χ4n) is 1.14. The van der Waals surface area contributed by atoms with E-state index in [1.54, 1.807) is 12.4 Å². The highest BCUT2D eigenvalue weighted by Crippen LogP contribution is 2.13. The van der Waals surface area contributed by atoms with E-state index in [0.29, 0.717) is 12.2 Å². The van der Waals surface area contributed by atoms with Crippen LogP contribution in [0.15, 0.2) is 23.6 Å². The van der Waals surface area contributed by atoms with Crippen molar-refractivity contribution in [3.63, 3.8) is 0 Å². The van der Waals surface area contributed by atoms with Gasteiger partial charge < -0.3 is 15.7 Å². The number of rotatable bonds is 4. The third kappa shape index (κ3) is 3.84. The highest BCUT2D eigenvalue weighted by Gasteiger charge is 2.02. The summed E-state index contributed by atoms with van der Waals surface area (Å²) in [5.74, 6) is 0.840. The zero-order valence-corrected chi connectivity index (χ0v) is 8.84. The Hall–Kier alpha value is -1.78. The number of nitrogens with two attached hydrogens (primary N) is 1. The summed E-state index contributed by atoms with van der Waals surface area (Å²) in [7, 11) is 0. The second kappa shape index (κ2) is 5.19. The normalized spacial score (nSPS) is 11.8. The molecule has 1 rings (SSSR count). The number of nitrogens with zero attached hydrogens (tertiary/aromatic N) is 2. The van der Waals surface area contributed by atoms with E-state index in [1.807, 2.05) is 19.9 Å². The van der Waals surface area contributed by atoms with Gasteiger partial charge in [0.2, 0.25) is 0 Å². The standard InChI is InChI=1S/C10H15N3O2/c1-7(2)15-9-3-8(5-12-6-9)4-10(11)13-14/h3,5-7,14H,4H2,1-2H3,(H2,11,13). The highest BCUT2D eigenvalue weighted by atomic mass is 16.5. The first-order valence-electron chi connectivity index (χ1n) is 4.69. The molecular weight excluding hydrogens is 194 g/mol. The van der Waals surface area contributed by atoms with Crippen molar-refractivity contribution in [2.45, 2.75) is 26.4 Å². The van der Waals surface area contributed by atoms with E-state index < -0.39 is 0 Å². The molecule has 0 saturated heterocycles. The molecule has 0 aliphatic heterocycles. The topological polar surface area (TPSA) is 80.7 Å². The minimum Gasteiger partial charge on any atom is -0.489 e. The molecule has 0 aliphatic rings. The van der Waals surface area contributed by atoms with E-state index in [1.165, 1.54) is 0 Å². The summed E-state index contributed by atoms with van der Waals surface area (Å²) in [6.07, 6.45) is 3.76. The van der Waals surface area contributed by atoms with Crippen LogP contribution in [0.3, 0.4) is 0 Å². The zero-order chi connectivity index (χ0) is 11.3. The van der Waals surface area contributed by atoms with Crippen molar-refractivity contribution in [2.24, 2.45) is 10.9 Å². The van der Waals surface area contributed by atoms with Gasteiger partial charge in [-0.15, -0.1) is 0 Å². The van der Waals surface area contributed by atoms with Crippen molar-refractivity contribution in [1.82, 2.24) is 4.98 Å². The molecule has 0 unspecified atom stereocenters. The van der Waals surface area contributed by atoms with Gasteiger partial charge in [0.15, 0.2) is 0 Å². The van der Waals surface area contributed by atoms with E-state index in [4.69, 9.17) is 15.7 Å². The average molecular weight is 209 g/mol. The number of amidine groups is 1. The minimum absolute atomic E-state index is 0.103. The molecule has 1 aromatic rings. The van der Waals surface area contributed by atoms with Crippen LogP contribution in [-0.4, -0.2) is 22.1 Å². The summed E-state index contributed by atoms with van der Waals surface area (Å²) in [5, 5.41) is 11.3. The summed E-state index contributed by atoms with van der Waals surface area (Å²) in [6, 6.07) is 1.82. The summed E-state index contributed by atoms with van der Waals surface area (Å²) < 4.78 is 5.46. The molecule has 0 aromatic carbocycles. The maximum absolute atomic E-state index is 8.42. The Balaban J connectivity index is 2.74. The predicted molar refractivity (Wildman–Crippen MR) is 57.1 cm³/mol. The van der Waals surface area contributed by atoms with Crippen LogP contribution in [0.2, 0.25) is 0 Å². The van der Waals surface area contributed by atoms with Crippen molar-refractivity contribution >= 4 is 5.84 Å². The van der Waals surface area contributed by atoms with Crippen molar-refractivity contribution in [3.05, 3.63) is 24.0 Å². The van der Waals surface area contributed by atoms with Gasteiger partial charge in [-0.1, -0.05) is 5.16 Å². The lowest BCUT2D eigenvalue weighted by Gasteiger charge is -2.09. The van der Waals surface area contributed by atoms with Crippen LogP contribution in [0, 0.1) is 0 Å². The number of ether oxygens (including phenoxy) is 1. The quantitative estimate of drug-likeness (QED) is 0.337. The van der Waals surface area contributed by atoms with Crippen LogP contribution < -0.4 is 10.5 Å². The van der Waals surface area contributed by atoms with Crippen LogP contribution in [0.5, 0.6) is 5.75 Å². The molecule has 0 fully saturated rings. The third-order valence-electron chi connectivity index (χ3n) is 1.66. The molecule has 0 atom stereocenters. The van der Waals surface area contributed by atoms with Crippen molar-refractivity contribution in [3.8, 4) is 5.75 Å². The van der Waals surface area contributed by atoms with E-state index in [9.17, 15) is 0 Å². The largest absolute Gasteiger partial charge is 0.489 e. The Bertz CT molecular complexity index is 350. The fourth-order valence-corrected chi connectivity index (χ4v) is 1.14. The van der Waals surface area contributed by atoms with Gasteiger partial charge in [0.25, 0.3) is 0 Å². The Labute approximate surface area is 88.6 Å². The number of aromatic nitrogens is 1. The predicted octanol–water partition coefficient (Wildman–Crippen LogP) is 1.16. The van der Waals surface area contributed by atoms with Crippen LogP contribution in [0.1, 0.15) is 19.4 Å². The molecule has 0 radical (unpaired) electrons. The monoisotopic (exact) mass is 209 g/mol. The van der Waals surface area contributed by atoms with Crippen LogP contribution >= 0.6 is 0 Å². The Morgan fingerprint density at radius 3 is 2.93 bits per heavy atom. The minimum atomic E-state index is 0.103. The number of hydrogen-bond acceptors (Lipinski definition) is 4. The molecule has 82 valence electrons. The van der Waals surface area contributed by atoms with E-state index in [0.717, 1.165) is 5.56 Å². The van der Waals surface area contributed by atoms with Gasteiger partial charge in [-0.3, -0.25) is 4.98 Å². The first-order chi connectivity index (χ1) is 7.11. The number of pyridine rings is 1. The third-order valence-corrected chi connectivity index (χ3v) is 1.66. The zero-order valence-electron chi connectivity index (χ0n) is 8.84. The van der Waals surface area contributed by atoms with Gasteiger partial charge in [0.05, 0.1) is 12.3 Å². The van der Waals surface area contributed by atoms with Gasteiger partial charge in [-0.2, -0.15) is 0 Å². The highest BCUT2D eigenvalue weighted by molar-refractivity contribution is 5.81. The van der Waals surface area contributed by atoms with Gasteiger partial charge in [-0.05, 0) is 25.5 Å². The SMILES string of the molecule is CC(C)Oc1cncc(C/C(N)=N/O)c1. The maximum Gasteiger partial charge on any atom is 0.143 e. The molecule has 5 nitrogen and oxygen atoms in total. The summed E-state index contributed by atoms with van der Waals surface area (Å²) in [5.41, 5.74) is 6.24. The van der Waals surface area contributed by atoms with Gasteiger partial charge in [-0.25, -0.2) is 0 Å². The number of oxime groups is 1. The van der Waals surface area contributed by atoms with E-state index >= 15 is 0 Å².